The van der Waals surface area contributed by atoms with Crippen LogP contribution < -0.4 is 10.7 Å². The molecule has 0 radical (unpaired) electrons. The average Bonchev–Trinajstić information content (AvgIpc) is 3.24. The summed E-state index contributed by atoms with van der Waals surface area (Å²) in [6, 6.07) is 27.1. The van der Waals surface area contributed by atoms with Gasteiger partial charge in [0.2, 0.25) is 5.91 Å². The van der Waals surface area contributed by atoms with E-state index >= 15 is 0 Å². The number of carbonyl (C=O) groups is 1. The number of aromatic nitrogens is 2. The van der Waals surface area contributed by atoms with Gasteiger partial charge in [0.05, 0.1) is 17.1 Å². The summed E-state index contributed by atoms with van der Waals surface area (Å²) in [5.41, 5.74) is 10.3. The number of imidazole rings is 1. The monoisotopic (exact) mass is 411 g/mol. The van der Waals surface area contributed by atoms with Crippen LogP contribution in [0.15, 0.2) is 85.2 Å². The van der Waals surface area contributed by atoms with E-state index in [1.54, 1.807) is 12.1 Å². The molecule has 6 heteroatoms. The molecule has 1 aliphatic heterocycles. The summed E-state index contributed by atoms with van der Waals surface area (Å²) >= 11 is 0. The van der Waals surface area contributed by atoms with Gasteiger partial charge in [0.25, 0.3) is 0 Å². The minimum absolute atomic E-state index is 0.238. The topological polar surface area (TPSA) is 67.4 Å². The summed E-state index contributed by atoms with van der Waals surface area (Å²) in [7, 11) is 0. The first-order chi connectivity index (χ1) is 15.2. The Morgan fingerprint density at radius 3 is 2.03 bits per heavy atom. The van der Waals surface area contributed by atoms with Gasteiger partial charge in [-0.1, -0.05) is 60.7 Å². The average molecular weight is 412 g/mol. The highest BCUT2D eigenvalue weighted by Crippen LogP contribution is 2.29. The molecular weight excluding hydrogens is 386 g/mol. The van der Waals surface area contributed by atoms with Gasteiger partial charge in [0, 0.05) is 31.7 Å². The fourth-order valence-electron chi connectivity index (χ4n) is 4.45. The number of hydrogen-bond acceptors (Lipinski definition) is 4. The number of nitrogens with two attached hydrogens (primary N) is 1. The Morgan fingerprint density at radius 2 is 1.45 bits per heavy atom. The molecule has 1 saturated heterocycles. The SMILES string of the molecule is NC(=O)c1ccc2c(c1)ncn2N1CCN(C(c2ccccc2)c2ccccc2)CC1. The number of fused-ring (bicyclic) bond motifs is 1. The van der Waals surface area contributed by atoms with Crippen LogP contribution in [0.1, 0.15) is 27.5 Å². The standard InChI is InChI=1S/C25H25N5O/c26-25(31)21-11-12-23-22(17-21)27-18-30(23)29-15-13-28(14-16-29)24(19-7-3-1-4-8-19)20-9-5-2-6-10-20/h1-12,17-18,24H,13-16H2,(H2,26,31). The van der Waals surface area contributed by atoms with E-state index in [4.69, 9.17) is 5.73 Å². The van der Waals surface area contributed by atoms with Crippen LogP contribution in [0, 0.1) is 0 Å². The Labute approximate surface area is 181 Å². The van der Waals surface area contributed by atoms with Crippen molar-refractivity contribution in [2.45, 2.75) is 6.04 Å². The summed E-state index contributed by atoms with van der Waals surface area (Å²) in [6.45, 7) is 3.65. The van der Waals surface area contributed by atoms with Crippen LogP contribution in [0.5, 0.6) is 0 Å². The Balaban J connectivity index is 1.38. The summed E-state index contributed by atoms with van der Waals surface area (Å²) in [5.74, 6) is -0.432. The fourth-order valence-corrected chi connectivity index (χ4v) is 4.45. The molecule has 1 fully saturated rings. The number of rotatable bonds is 5. The third-order valence-electron chi connectivity index (χ3n) is 6.00. The van der Waals surface area contributed by atoms with Crippen LogP contribution in [-0.2, 0) is 0 Å². The fraction of sp³-hybridized carbons (Fsp3) is 0.200. The van der Waals surface area contributed by atoms with Crippen molar-refractivity contribution in [2.24, 2.45) is 5.73 Å². The lowest BCUT2D eigenvalue weighted by atomic mass is 9.96. The van der Waals surface area contributed by atoms with Gasteiger partial charge in [0.15, 0.2) is 0 Å². The number of nitrogens with zero attached hydrogens (tertiary/aromatic N) is 4. The summed E-state index contributed by atoms with van der Waals surface area (Å²) < 4.78 is 2.09. The smallest absolute Gasteiger partial charge is 0.248 e. The second kappa shape index (κ2) is 8.24. The molecule has 4 aromatic rings. The van der Waals surface area contributed by atoms with Gasteiger partial charge in [-0.05, 0) is 29.3 Å². The van der Waals surface area contributed by atoms with Gasteiger partial charge in [0.1, 0.15) is 6.33 Å². The van der Waals surface area contributed by atoms with Gasteiger partial charge in [-0.3, -0.25) is 9.69 Å². The normalized spacial score (nSPS) is 14.9. The van der Waals surface area contributed by atoms with E-state index in [-0.39, 0.29) is 6.04 Å². The highest BCUT2D eigenvalue weighted by atomic mass is 16.1. The quantitative estimate of drug-likeness (QED) is 0.548. The van der Waals surface area contributed by atoms with E-state index in [2.05, 4.69) is 80.2 Å². The van der Waals surface area contributed by atoms with Crippen LogP contribution in [0.4, 0.5) is 0 Å². The molecule has 0 spiro atoms. The van der Waals surface area contributed by atoms with Crippen molar-refractivity contribution in [2.75, 3.05) is 31.2 Å². The zero-order valence-corrected chi connectivity index (χ0v) is 17.3. The predicted molar refractivity (Wildman–Crippen MR) is 123 cm³/mol. The van der Waals surface area contributed by atoms with Gasteiger partial charge >= 0.3 is 0 Å². The van der Waals surface area contributed by atoms with E-state index in [0.717, 1.165) is 37.2 Å². The molecule has 1 aliphatic rings. The molecule has 6 nitrogen and oxygen atoms in total. The van der Waals surface area contributed by atoms with Crippen LogP contribution >= 0.6 is 0 Å². The largest absolute Gasteiger partial charge is 0.366 e. The molecule has 0 unspecified atom stereocenters. The molecule has 1 aromatic heterocycles. The number of carbonyl (C=O) groups excluding carboxylic acids is 1. The van der Waals surface area contributed by atoms with E-state index < -0.39 is 5.91 Å². The number of primary amides is 1. The second-order valence-electron chi connectivity index (χ2n) is 7.87. The van der Waals surface area contributed by atoms with Gasteiger partial charge < -0.3 is 10.7 Å². The first-order valence-electron chi connectivity index (χ1n) is 10.6. The summed E-state index contributed by atoms with van der Waals surface area (Å²) in [6.07, 6.45) is 1.83. The molecule has 0 saturated carbocycles. The van der Waals surface area contributed by atoms with E-state index in [9.17, 15) is 4.79 Å². The van der Waals surface area contributed by atoms with Gasteiger partial charge in [-0.25, -0.2) is 9.66 Å². The highest BCUT2D eigenvalue weighted by molar-refractivity contribution is 5.96. The molecule has 0 bridgehead atoms. The van der Waals surface area contributed by atoms with E-state index in [1.165, 1.54) is 11.1 Å². The number of piperazine rings is 1. The lowest BCUT2D eigenvalue weighted by molar-refractivity contribution is 0.100. The maximum absolute atomic E-state index is 11.5. The van der Waals surface area contributed by atoms with Crippen LogP contribution in [0.3, 0.4) is 0 Å². The summed E-state index contributed by atoms with van der Waals surface area (Å²) in [4.78, 5) is 18.5. The highest BCUT2D eigenvalue weighted by Gasteiger charge is 2.27. The third kappa shape index (κ3) is 3.78. The second-order valence-corrected chi connectivity index (χ2v) is 7.87. The minimum atomic E-state index is -0.432. The maximum Gasteiger partial charge on any atom is 0.248 e. The van der Waals surface area contributed by atoms with Crippen molar-refractivity contribution in [3.63, 3.8) is 0 Å². The molecule has 3 aromatic carbocycles. The Hall–Kier alpha value is -3.64. The van der Waals surface area contributed by atoms with Gasteiger partial charge in [-0.15, -0.1) is 0 Å². The zero-order chi connectivity index (χ0) is 21.2. The van der Waals surface area contributed by atoms with Crippen LogP contribution in [-0.4, -0.2) is 46.6 Å². The lowest BCUT2D eigenvalue weighted by Gasteiger charge is -2.41. The molecule has 5 rings (SSSR count). The number of amides is 1. The van der Waals surface area contributed by atoms with Crippen molar-refractivity contribution in [1.82, 2.24) is 14.6 Å². The predicted octanol–water partition coefficient (Wildman–Crippen LogP) is 3.18. The van der Waals surface area contributed by atoms with Crippen molar-refractivity contribution in [1.29, 1.82) is 0 Å². The molecule has 2 N–H and O–H groups in total. The first kappa shape index (κ1) is 19.3. The van der Waals surface area contributed by atoms with Crippen LogP contribution in [0.2, 0.25) is 0 Å². The van der Waals surface area contributed by atoms with Crippen molar-refractivity contribution >= 4 is 16.9 Å². The molecular formula is C25H25N5O. The van der Waals surface area contributed by atoms with Crippen molar-refractivity contribution < 1.29 is 4.79 Å². The molecule has 0 aliphatic carbocycles. The van der Waals surface area contributed by atoms with Crippen molar-refractivity contribution in [3.05, 3.63) is 102 Å². The van der Waals surface area contributed by atoms with E-state index in [0.29, 0.717) is 5.56 Å². The Bertz CT molecular complexity index is 1140. The number of hydrogen-bond donors (Lipinski definition) is 1. The zero-order valence-electron chi connectivity index (χ0n) is 17.3. The number of benzene rings is 3. The lowest BCUT2D eigenvalue weighted by Crippen LogP contribution is -2.51. The first-order valence-corrected chi connectivity index (χ1v) is 10.6. The molecule has 1 amide bonds. The Kier molecular flexibility index (Phi) is 5.14. The molecule has 156 valence electrons. The third-order valence-corrected chi connectivity index (χ3v) is 6.00. The van der Waals surface area contributed by atoms with E-state index in [1.807, 2.05) is 12.4 Å². The maximum atomic E-state index is 11.5. The molecule has 31 heavy (non-hydrogen) atoms. The van der Waals surface area contributed by atoms with Crippen molar-refractivity contribution in [3.8, 4) is 0 Å². The molecule has 0 atom stereocenters. The molecule has 2 heterocycles. The minimum Gasteiger partial charge on any atom is -0.366 e. The summed E-state index contributed by atoms with van der Waals surface area (Å²) in [5, 5.41) is 2.31. The Morgan fingerprint density at radius 1 is 0.839 bits per heavy atom. The van der Waals surface area contributed by atoms with Crippen LogP contribution in [0.25, 0.3) is 11.0 Å². The van der Waals surface area contributed by atoms with Gasteiger partial charge in [-0.2, -0.15) is 0 Å².